The van der Waals surface area contributed by atoms with Crippen LogP contribution in [0.3, 0.4) is 0 Å². The number of ether oxygens (including phenoxy) is 1. The Morgan fingerprint density at radius 3 is 2.49 bits per heavy atom. The second kappa shape index (κ2) is 10.7. The SMILES string of the molecule is CCNC(=O)Nc1ccc(-c2nc3c(c(N4CCOCC4)n2)CCN(c2ncc([N+](=O)[O-])cn2)C3)cc1. The molecule has 2 aromatic heterocycles. The van der Waals surface area contributed by atoms with Crippen molar-refractivity contribution in [2.24, 2.45) is 0 Å². The number of morpholine rings is 1. The molecule has 0 saturated carbocycles. The third-order valence-electron chi connectivity index (χ3n) is 6.21. The monoisotopic (exact) mass is 505 g/mol. The number of amides is 2. The lowest BCUT2D eigenvalue weighted by molar-refractivity contribution is -0.385. The van der Waals surface area contributed by atoms with Gasteiger partial charge in [0.2, 0.25) is 5.95 Å². The first kappa shape index (κ1) is 24.3. The van der Waals surface area contributed by atoms with Gasteiger partial charge in [0.25, 0.3) is 0 Å². The highest BCUT2D eigenvalue weighted by Crippen LogP contribution is 2.31. The van der Waals surface area contributed by atoms with E-state index in [0.717, 1.165) is 35.7 Å². The number of nitrogens with one attached hydrogen (secondary N) is 2. The lowest BCUT2D eigenvalue weighted by Crippen LogP contribution is -2.40. The summed E-state index contributed by atoms with van der Waals surface area (Å²) in [6, 6.07) is 7.14. The van der Waals surface area contributed by atoms with E-state index in [1.807, 2.05) is 36.1 Å². The second-order valence-electron chi connectivity index (χ2n) is 8.63. The topological polar surface area (TPSA) is 152 Å². The number of fused-ring (bicyclic) bond motifs is 1. The lowest BCUT2D eigenvalue weighted by Gasteiger charge is -2.34. The molecule has 0 spiro atoms. The van der Waals surface area contributed by atoms with Crippen molar-refractivity contribution in [3.8, 4) is 11.4 Å². The number of hydrogen-bond donors (Lipinski definition) is 2. The van der Waals surface area contributed by atoms with Crippen molar-refractivity contribution in [3.63, 3.8) is 0 Å². The predicted octanol–water partition coefficient (Wildman–Crippen LogP) is 2.38. The number of nitrogens with zero attached hydrogens (tertiary/aromatic N) is 7. The normalized spacial score (nSPS) is 15.2. The molecule has 1 fully saturated rings. The molecule has 0 atom stereocenters. The summed E-state index contributed by atoms with van der Waals surface area (Å²) >= 11 is 0. The number of benzene rings is 1. The van der Waals surface area contributed by atoms with E-state index in [-0.39, 0.29) is 11.7 Å². The maximum absolute atomic E-state index is 11.8. The van der Waals surface area contributed by atoms with Gasteiger partial charge in [0.1, 0.15) is 18.2 Å². The van der Waals surface area contributed by atoms with Gasteiger partial charge in [-0.25, -0.2) is 24.7 Å². The Morgan fingerprint density at radius 1 is 1.08 bits per heavy atom. The van der Waals surface area contributed by atoms with Crippen LogP contribution in [0.25, 0.3) is 11.4 Å². The van der Waals surface area contributed by atoms with E-state index in [0.29, 0.717) is 56.7 Å². The summed E-state index contributed by atoms with van der Waals surface area (Å²) in [5, 5.41) is 16.5. The molecule has 0 unspecified atom stereocenters. The van der Waals surface area contributed by atoms with Crippen molar-refractivity contribution in [2.45, 2.75) is 19.9 Å². The summed E-state index contributed by atoms with van der Waals surface area (Å²) in [4.78, 5) is 44.8. The van der Waals surface area contributed by atoms with Crippen molar-refractivity contribution in [2.75, 3.05) is 54.5 Å². The maximum Gasteiger partial charge on any atom is 0.319 e. The number of nitro groups is 1. The summed E-state index contributed by atoms with van der Waals surface area (Å²) < 4.78 is 5.55. The summed E-state index contributed by atoms with van der Waals surface area (Å²) in [5.74, 6) is 1.90. The number of hydrogen-bond acceptors (Lipinski definition) is 10. The quantitative estimate of drug-likeness (QED) is 0.377. The molecule has 0 aliphatic carbocycles. The van der Waals surface area contributed by atoms with E-state index < -0.39 is 4.92 Å². The molecule has 2 amide bonds. The van der Waals surface area contributed by atoms with Crippen LogP contribution < -0.4 is 20.4 Å². The zero-order valence-corrected chi connectivity index (χ0v) is 20.4. The molecule has 1 aromatic carbocycles. The zero-order chi connectivity index (χ0) is 25.8. The van der Waals surface area contributed by atoms with Gasteiger partial charge in [-0.3, -0.25) is 10.1 Å². The summed E-state index contributed by atoms with van der Waals surface area (Å²) in [5.41, 5.74) is 3.29. The first-order valence-corrected chi connectivity index (χ1v) is 12.1. The summed E-state index contributed by atoms with van der Waals surface area (Å²) in [7, 11) is 0. The van der Waals surface area contributed by atoms with Gasteiger partial charge in [-0.05, 0) is 37.6 Å². The minimum Gasteiger partial charge on any atom is -0.378 e. The van der Waals surface area contributed by atoms with Crippen LogP contribution in [0.15, 0.2) is 36.7 Å². The zero-order valence-electron chi connectivity index (χ0n) is 20.4. The highest BCUT2D eigenvalue weighted by atomic mass is 16.6. The van der Waals surface area contributed by atoms with Gasteiger partial charge < -0.3 is 25.2 Å². The fourth-order valence-corrected chi connectivity index (χ4v) is 4.36. The Labute approximate surface area is 213 Å². The first-order valence-electron chi connectivity index (χ1n) is 12.1. The van der Waals surface area contributed by atoms with Crippen LogP contribution >= 0.6 is 0 Å². The molecular formula is C24H27N9O4. The Bertz CT molecular complexity index is 1280. The van der Waals surface area contributed by atoms with Crippen LogP contribution in [0, 0.1) is 10.1 Å². The highest BCUT2D eigenvalue weighted by Gasteiger charge is 2.27. The average Bonchev–Trinajstić information content (AvgIpc) is 2.93. The molecule has 0 bridgehead atoms. The third-order valence-corrected chi connectivity index (χ3v) is 6.21. The van der Waals surface area contributed by atoms with Gasteiger partial charge in [-0.2, -0.15) is 0 Å². The Hall–Kier alpha value is -4.39. The number of carbonyl (C=O) groups excluding carboxylic acids is 1. The van der Waals surface area contributed by atoms with Gasteiger partial charge in [0.15, 0.2) is 5.82 Å². The number of anilines is 3. The number of rotatable bonds is 6. The molecule has 192 valence electrons. The molecule has 13 nitrogen and oxygen atoms in total. The van der Waals surface area contributed by atoms with Crippen LogP contribution in [-0.2, 0) is 17.7 Å². The van der Waals surface area contributed by atoms with E-state index in [1.165, 1.54) is 12.4 Å². The molecule has 37 heavy (non-hydrogen) atoms. The van der Waals surface area contributed by atoms with Gasteiger partial charge in [-0.15, -0.1) is 0 Å². The van der Waals surface area contributed by atoms with Crippen molar-refractivity contribution in [1.29, 1.82) is 0 Å². The van der Waals surface area contributed by atoms with E-state index >= 15 is 0 Å². The van der Waals surface area contributed by atoms with Crippen LogP contribution in [-0.4, -0.2) is 70.3 Å². The van der Waals surface area contributed by atoms with Crippen molar-refractivity contribution in [1.82, 2.24) is 25.3 Å². The highest BCUT2D eigenvalue weighted by molar-refractivity contribution is 5.89. The number of urea groups is 1. The van der Waals surface area contributed by atoms with Crippen LogP contribution in [0.2, 0.25) is 0 Å². The minimum atomic E-state index is -0.513. The smallest absolute Gasteiger partial charge is 0.319 e. The molecule has 0 radical (unpaired) electrons. The fraction of sp³-hybridized carbons (Fsp3) is 0.375. The molecule has 13 heteroatoms. The lowest BCUT2D eigenvalue weighted by atomic mass is 10.0. The Kier molecular flexibility index (Phi) is 7.03. The van der Waals surface area contributed by atoms with Crippen LogP contribution in [0.4, 0.5) is 27.9 Å². The number of aromatic nitrogens is 4. The average molecular weight is 506 g/mol. The molecule has 2 aliphatic heterocycles. The summed E-state index contributed by atoms with van der Waals surface area (Å²) in [6.07, 6.45) is 3.13. The Morgan fingerprint density at radius 2 is 1.81 bits per heavy atom. The fourth-order valence-electron chi connectivity index (χ4n) is 4.36. The summed E-state index contributed by atoms with van der Waals surface area (Å²) in [6.45, 7) is 6.26. The van der Waals surface area contributed by atoms with Crippen LogP contribution in [0.1, 0.15) is 18.2 Å². The first-order chi connectivity index (χ1) is 18.0. The van der Waals surface area contributed by atoms with E-state index in [4.69, 9.17) is 14.7 Å². The van der Waals surface area contributed by atoms with E-state index in [1.54, 1.807) is 0 Å². The van der Waals surface area contributed by atoms with Gasteiger partial charge in [0, 0.05) is 43.0 Å². The molecule has 5 rings (SSSR count). The largest absolute Gasteiger partial charge is 0.378 e. The van der Waals surface area contributed by atoms with Gasteiger partial charge >= 0.3 is 11.7 Å². The molecule has 3 aromatic rings. The molecular weight excluding hydrogens is 478 g/mol. The van der Waals surface area contributed by atoms with Crippen molar-refractivity contribution < 1.29 is 14.5 Å². The van der Waals surface area contributed by atoms with E-state index in [2.05, 4.69) is 25.5 Å². The van der Waals surface area contributed by atoms with Gasteiger partial charge in [-0.1, -0.05) is 0 Å². The van der Waals surface area contributed by atoms with Crippen molar-refractivity contribution in [3.05, 3.63) is 58.0 Å². The minimum absolute atomic E-state index is 0.148. The molecule has 2 aliphatic rings. The Balaban J connectivity index is 1.46. The van der Waals surface area contributed by atoms with Gasteiger partial charge in [0.05, 0.1) is 30.4 Å². The predicted molar refractivity (Wildman–Crippen MR) is 137 cm³/mol. The second-order valence-corrected chi connectivity index (χ2v) is 8.63. The standard InChI is InChI=1S/C24H27N9O4/c1-2-25-24(34)28-17-5-3-16(4-6-17)21-29-20-15-32(23-26-13-18(14-27-23)33(35)36)8-7-19(20)22(30-21)31-9-11-37-12-10-31/h3-6,13-14H,2,7-12,15H2,1H3,(H2,25,28,34). The molecule has 4 heterocycles. The molecule has 1 saturated heterocycles. The third kappa shape index (κ3) is 5.40. The van der Waals surface area contributed by atoms with Crippen molar-refractivity contribution >= 4 is 29.2 Å². The maximum atomic E-state index is 11.8. The van der Waals surface area contributed by atoms with E-state index in [9.17, 15) is 14.9 Å². The number of carbonyl (C=O) groups is 1. The molecule has 2 N–H and O–H groups in total. The van der Waals surface area contributed by atoms with Crippen LogP contribution in [0.5, 0.6) is 0 Å².